The second-order valence-corrected chi connectivity index (χ2v) is 24.6. The smallest absolute Gasteiger partial charge is 0.104 e. The monoisotopic (exact) mass is 823 g/mol. The van der Waals surface area contributed by atoms with Crippen molar-refractivity contribution in [3.63, 3.8) is 0 Å². The third kappa shape index (κ3) is 1.27. The largest absolute Gasteiger partial charge is 0.382 e. The van der Waals surface area contributed by atoms with E-state index in [0.29, 0.717) is 19.9 Å². The van der Waals surface area contributed by atoms with Crippen molar-refractivity contribution in [2.24, 2.45) is 0 Å². The average Bonchev–Trinajstić information content (AvgIpc) is 4.19. The van der Waals surface area contributed by atoms with Crippen LogP contribution in [0.5, 0.6) is 0 Å². The first-order chi connectivity index (χ1) is 33.4. The molecule has 3 nitrogen and oxygen atoms in total. The lowest BCUT2D eigenvalue weighted by molar-refractivity contribution is 0.0278. The van der Waals surface area contributed by atoms with E-state index >= 15 is 0 Å². The third-order valence-corrected chi connectivity index (χ3v) is 24.6. The maximum absolute atomic E-state index is 7.04. The summed E-state index contributed by atoms with van der Waals surface area (Å²) in [7, 11) is 1.83. The van der Waals surface area contributed by atoms with Crippen molar-refractivity contribution < 1.29 is 9.47 Å². The Labute approximate surface area is 363 Å². The first-order valence-electron chi connectivity index (χ1n) is 25.0. The fourth-order valence-electron chi connectivity index (χ4n) is 24.6. The van der Waals surface area contributed by atoms with Crippen molar-refractivity contribution in [3.8, 4) is 0 Å². The number of nitrogens with zero attached hydrogens (tertiary/aromatic N) is 1. The molecule has 28 aromatic carbocycles. The molecule has 0 saturated carbocycles. The number of hydrogen-bond acceptors (Lipinski definition) is 3. The second kappa shape index (κ2) is 5.52. The summed E-state index contributed by atoms with van der Waals surface area (Å²) in [5.41, 5.74) is 6.14. The van der Waals surface area contributed by atoms with E-state index in [9.17, 15) is 0 Å². The van der Waals surface area contributed by atoms with Crippen molar-refractivity contribution in [1.82, 2.24) is 4.90 Å². The Bertz CT molecular complexity index is 6460. The van der Waals surface area contributed by atoms with Crippen LogP contribution in [-0.2, 0) is 20.6 Å². The highest BCUT2D eigenvalue weighted by molar-refractivity contribution is 6.82. The topological polar surface area (TPSA) is 21.5 Å². The minimum atomic E-state index is -0.314. The predicted octanol–water partition coefficient (Wildman–Crippen LogP) is 16.1. The van der Waals surface area contributed by atoms with E-state index in [2.05, 4.69) is 4.90 Å². The molecule has 3 heteroatoms. The average molecular weight is 824 g/mol. The van der Waals surface area contributed by atoms with Gasteiger partial charge < -0.3 is 9.47 Å². The fraction of sp³-hybridized carbons (Fsp3) is 0.0938. The SMILES string of the molecule is COCCOCN1C23c4c5c6c7c8c9c(c%10c%11c2c2c4c4c%12c5c5c6c6c8c8c%13c9c9c%10c%10c%11c%11c2c2c4c4c%12c%12c5c5c6c8c6c8c%13c9c9c%10c%10c%11c2c2c4c4c%12c5c6c5c8c9c%10c2c45)C713. The molecule has 1 fully saturated rings. The van der Waals surface area contributed by atoms with Crippen LogP contribution >= 0.6 is 0 Å². The highest BCUT2D eigenvalue weighted by Crippen LogP contribution is 2.90. The quantitative estimate of drug-likeness (QED) is 0.0980. The van der Waals surface area contributed by atoms with Gasteiger partial charge in [-0.25, -0.2) is 4.90 Å². The first-order valence-corrected chi connectivity index (χ1v) is 25.0. The molecule has 0 bridgehead atoms. The van der Waals surface area contributed by atoms with Gasteiger partial charge in [0.2, 0.25) is 0 Å². The summed E-state index contributed by atoms with van der Waals surface area (Å²) >= 11 is 0. The van der Waals surface area contributed by atoms with Gasteiger partial charge in [-0.1, -0.05) is 0 Å². The Balaban J connectivity index is 1.18. The summed E-state index contributed by atoms with van der Waals surface area (Å²) in [5.74, 6) is 0. The summed E-state index contributed by atoms with van der Waals surface area (Å²) in [6.45, 7) is 1.84. The van der Waals surface area contributed by atoms with Gasteiger partial charge >= 0.3 is 0 Å². The Morgan fingerprint density at radius 3 is 0.522 bits per heavy atom. The molecule has 0 amide bonds. The zero-order chi connectivity index (χ0) is 39.6. The van der Waals surface area contributed by atoms with E-state index in [1.807, 2.05) is 7.11 Å². The summed E-state index contributed by atoms with van der Waals surface area (Å²) in [6.07, 6.45) is 0. The van der Waals surface area contributed by atoms with Gasteiger partial charge in [-0.2, -0.15) is 0 Å². The van der Waals surface area contributed by atoms with E-state index in [1.54, 1.807) is 313 Å². The summed E-state index contributed by atoms with van der Waals surface area (Å²) in [5, 5.41) is 89.1. The Morgan fingerprint density at radius 2 is 0.373 bits per heavy atom. The van der Waals surface area contributed by atoms with Crippen LogP contribution in [0, 0.1) is 0 Å². The van der Waals surface area contributed by atoms with Crippen LogP contribution in [-0.4, -0.2) is 32.0 Å². The lowest BCUT2D eigenvalue weighted by Gasteiger charge is -2.30. The fourth-order valence-corrected chi connectivity index (χ4v) is 24.6. The van der Waals surface area contributed by atoms with Gasteiger partial charge in [0.25, 0.3) is 0 Å². The van der Waals surface area contributed by atoms with Crippen LogP contribution in [0.25, 0.3) is 291 Å². The van der Waals surface area contributed by atoms with Crippen molar-refractivity contribution >= 4 is 291 Å². The van der Waals surface area contributed by atoms with Crippen LogP contribution in [0.3, 0.4) is 0 Å². The molecule has 33 rings (SSSR count). The standard InChI is InChI=1S/C64H9NO2/c1-66-2-3-67-4-65-63-59-51-43-33-23-15-7-5-6-9-13-11(7)19-27-21(13)31-25-17(9)18-10(6)14-12-8(5)16(15)24-30-20(12)28-22(14)32-26(18)36-35(25)45-39(31)49-41(27)47(37(43)29(19)23)55(59)57(49)61-53(45)54-46(36)40(32)50-42(28)48-38(30)44(34(24)33)52(51)60(63)56(48)58(50)62(54)64(61,63)65/h2-4H2,1H3. The highest BCUT2D eigenvalue weighted by Gasteiger charge is 2.86. The maximum Gasteiger partial charge on any atom is 0.104 e. The van der Waals surface area contributed by atoms with E-state index in [-0.39, 0.29) is 11.1 Å². The normalized spacial score (nSPS) is 23.9. The lowest BCUT2D eigenvalue weighted by atomic mass is 9.68. The van der Waals surface area contributed by atoms with Gasteiger partial charge in [-0.3, -0.25) is 0 Å². The number of methoxy groups -OCH3 is 1. The van der Waals surface area contributed by atoms with E-state index in [0.717, 1.165) is 0 Å². The van der Waals surface area contributed by atoms with Gasteiger partial charge in [0.05, 0.1) is 13.2 Å². The second-order valence-electron chi connectivity index (χ2n) is 24.6. The van der Waals surface area contributed by atoms with Gasteiger partial charge in [-0.15, -0.1) is 0 Å². The van der Waals surface area contributed by atoms with Gasteiger partial charge in [0.1, 0.15) is 17.8 Å². The molecular weight excluding hydrogens is 815 g/mol. The molecule has 0 unspecified atom stereocenters. The molecule has 0 N–H and O–H groups in total. The molecule has 1 saturated heterocycles. The van der Waals surface area contributed by atoms with Gasteiger partial charge in [0, 0.05) is 7.11 Å². The Morgan fingerprint density at radius 1 is 0.224 bits per heavy atom. The molecule has 1 aliphatic heterocycles. The molecule has 2 spiro atoms. The van der Waals surface area contributed by atoms with Crippen molar-refractivity contribution in [2.45, 2.75) is 11.1 Å². The van der Waals surface area contributed by atoms with Gasteiger partial charge in [-0.05, 0) is 313 Å². The Kier molecular flexibility index (Phi) is 2.04. The molecule has 5 aliphatic rings. The molecule has 282 valence electrons. The number of rotatable bonds is 5. The Hall–Kier alpha value is -7.66. The molecule has 0 radical (unpaired) electrons. The zero-order valence-corrected chi connectivity index (χ0v) is 34.4. The highest BCUT2D eigenvalue weighted by atomic mass is 16.5. The molecular formula is C64H9NO2. The summed E-state index contributed by atoms with van der Waals surface area (Å²) < 4.78 is 12.7. The minimum Gasteiger partial charge on any atom is -0.382 e. The predicted molar refractivity (Wildman–Crippen MR) is 278 cm³/mol. The van der Waals surface area contributed by atoms with Crippen LogP contribution in [0.15, 0.2) is 0 Å². The number of benzene rings is 18. The van der Waals surface area contributed by atoms with Crippen molar-refractivity contribution in [2.75, 3.05) is 27.1 Å². The van der Waals surface area contributed by atoms with E-state index in [1.165, 1.54) is 0 Å². The van der Waals surface area contributed by atoms with Crippen molar-refractivity contribution in [1.29, 1.82) is 0 Å². The van der Waals surface area contributed by atoms with Gasteiger partial charge in [0.15, 0.2) is 0 Å². The van der Waals surface area contributed by atoms with Crippen molar-refractivity contribution in [3.05, 3.63) is 22.3 Å². The van der Waals surface area contributed by atoms with Crippen LogP contribution < -0.4 is 0 Å². The molecule has 0 atom stereocenters. The molecule has 1 heterocycles. The molecule has 28 aromatic rings. The van der Waals surface area contributed by atoms with Crippen LogP contribution in [0.1, 0.15) is 22.3 Å². The van der Waals surface area contributed by atoms with E-state index < -0.39 is 0 Å². The summed E-state index contributed by atoms with van der Waals surface area (Å²) in [4.78, 5) is 3.01. The molecule has 4 aliphatic carbocycles. The molecule has 67 heavy (non-hydrogen) atoms. The van der Waals surface area contributed by atoms with E-state index in [4.69, 9.17) is 9.47 Å². The lowest BCUT2D eigenvalue weighted by Crippen LogP contribution is -2.27. The van der Waals surface area contributed by atoms with Crippen LogP contribution in [0.4, 0.5) is 0 Å². The summed E-state index contributed by atoms with van der Waals surface area (Å²) in [6, 6.07) is 0. The van der Waals surface area contributed by atoms with Crippen LogP contribution in [0.2, 0.25) is 0 Å². The number of ether oxygens (including phenoxy) is 2. The third-order valence-electron chi connectivity index (χ3n) is 24.6. The number of hydrogen-bond donors (Lipinski definition) is 0. The first kappa shape index (κ1) is 24.7. The molecule has 0 aromatic heterocycles. The minimum absolute atomic E-state index is 0.314. The zero-order valence-electron chi connectivity index (χ0n) is 34.4. The maximum atomic E-state index is 7.04.